The number of carbonyl (C=O) groups is 1. The van der Waals surface area contributed by atoms with Crippen LogP contribution >= 0.6 is 0 Å². The van der Waals surface area contributed by atoms with Crippen LogP contribution in [0.4, 0.5) is 0 Å². The van der Waals surface area contributed by atoms with Gasteiger partial charge in [0.05, 0.1) is 6.04 Å². The van der Waals surface area contributed by atoms with Crippen molar-refractivity contribution in [3.63, 3.8) is 0 Å². The molecule has 0 bridgehead atoms. The average molecular weight is 278 g/mol. The summed E-state index contributed by atoms with van der Waals surface area (Å²) in [5.74, 6) is 0.373. The third kappa shape index (κ3) is 2.22. The van der Waals surface area contributed by atoms with Crippen molar-refractivity contribution >= 4 is 5.97 Å². The van der Waals surface area contributed by atoms with Gasteiger partial charge >= 0.3 is 5.97 Å². The highest BCUT2D eigenvalue weighted by atomic mass is 16.4. The first-order valence-electron chi connectivity index (χ1n) is 7.62. The smallest absolute Gasteiger partial charge is 0.314 e. The molecule has 0 amide bonds. The molecule has 1 fully saturated rings. The summed E-state index contributed by atoms with van der Waals surface area (Å²) < 4.78 is 2.07. The Hall–Kier alpha value is -1.43. The standard InChI is InChI=1S/C14H22N4O2/c1-2-17-8-4-3-7-11(17)13-16-15-12-10(14(19)20)6-5-9-18(12)13/h10-11H,2-9H2,1H3,(H,19,20). The molecule has 1 N–H and O–H groups in total. The van der Waals surface area contributed by atoms with E-state index in [0.717, 1.165) is 38.3 Å². The van der Waals surface area contributed by atoms with Crippen molar-refractivity contribution in [3.8, 4) is 0 Å². The van der Waals surface area contributed by atoms with Crippen LogP contribution in [0.15, 0.2) is 0 Å². The molecule has 20 heavy (non-hydrogen) atoms. The van der Waals surface area contributed by atoms with Crippen LogP contribution in [0, 0.1) is 0 Å². The molecule has 1 saturated heterocycles. The molecule has 2 aliphatic heterocycles. The molecule has 0 aliphatic carbocycles. The molecule has 0 radical (unpaired) electrons. The summed E-state index contributed by atoms with van der Waals surface area (Å²) in [6, 6.07) is 0.308. The maximum absolute atomic E-state index is 11.3. The molecule has 1 aromatic heterocycles. The minimum absolute atomic E-state index is 0.308. The lowest BCUT2D eigenvalue weighted by Crippen LogP contribution is -2.35. The lowest BCUT2D eigenvalue weighted by Gasteiger charge is -2.34. The van der Waals surface area contributed by atoms with Gasteiger partial charge in [0.1, 0.15) is 17.6 Å². The van der Waals surface area contributed by atoms with E-state index in [-0.39, 0.29) is 0 Å². The second-order valence-corrected chi connectivity index (χ2v) is 5.74. The fraction of sp³-hybridized carbons (Fsp3) is 0.786. The Morgan fingerprint density at radius 2 is 2.00 bits per heavy atom. The maximum atomic E-state index is 11.3. The molecule has 2 unspecified atom stereocenters. The summed E-state index contributed by atoms with van der Waals surface area (Å²) in [4.78, 5) is 13.8. The first-order valence-corrected chi connectivity index (χ1v) is 7.62. The molecule has 2 atom stereocenters. The second kappa shape index (κ2) is 5.52. The quantitative estimate of drug-likeness (QED) is 0.912. The number of carboxylic acid groups (broad SMARTS) is 1. The van der Waals surface area contributed by atoms with Gasteiger partial charge in [-0.15, -0.1) is 10.2 Å². The molecule has 0 saturated carbocycles. The molecule has 2 aliphatic rings. The Morgan fingerprint density at radius 3 is 2.75 bits per heavy atom. The van der Waals surface area contributed by atoms with Crippen molar-refractivity contribution in [2.45, 2.75) is 57.5 Å². The SMILES string of the molecule is CCN1CCCCC1c1nnc2n1CCCC2C(=O)O. The predicted molar refractivity (Wildman–Crippen MR) is 73.5 cm³/mol. The van der Waals surface area contributed by atoms with Crippen LogP contribution in [-0.2, 0) is 11.3 Å². The second-order valence-electron chi connectivity index (χ2n) is 5.74. The molecule has 6 heteroatoms. The largest absolute Gasteiger partial charge is 0.481 e. The third-order valence-electron chi connectivity index (χ3n) is 4.61. The summed E-state index contributed by atoms with van der Waals surface area (Å²) in [7, 11) is 0. The number of fused-ring (bicyclic) bond motifs is 1. The van der Waals surface area contributed by atoms with Gasteiger partial charge < -0.3 is 9.67 Å². The van der Waals surface area contributed by atoms with Crippen LogP contribution in [-0.4, -0.2) is 43.8 Å². The number of hydrogen-bond donors (Lipinski definition) is 1. The summed E-state index contributed by atoms with van der Waals surface area (Å²) in [6.45, 7) is 5.14. The lowest BCUT2D eigenvalue weighted by atomic mass is 9.97. The molecule has 1 aromatic rings. The Labute approximate surface area is 118 Å². The monoisotopic (exact) mass is 278 g/mol. The first-order chi connectivity index (χ1) is 9.72. The van der Waals surface area contributed by atoms with Crippen LogP contribution in [0.3, 0.4) is 0 Å². The summed E-state index contributed by atoms with van der Waals surface area (Å²) in [5, 5.41) is 17.9. The van der Waals surface area contributed by atoms with E-state index < -0.39 is 11.9 Å². The zero-order valence-corrected chi connectivity index (χ0v) is 12.0. The fourth-order valence-corrected chi connectivity index (χ4v) is 3.54. The molecule has 0 spiro atoms. The summed E-state index contributed by atoms with van der Waals surface area (Å²) >= 11 is 0. The molecule has 6 nitrogen and oxygen atoms in total. The number of aromatic nitrogens is 3. The van der Waals surface area contributed by atoms with Crippen molar-refractivity contribution in [2.75, 3.05) is 13.1 Å². The fourth-order valence-electron chi connectivity index (χ4n) is 3.54. The van der Waals surface area contributed by atoms with Gasteiger partial charge in [-0.05, 0) is 38.8 Å². The molecular formula is C14H22N4O2. The molecule has 3 rings (SSSR count). The van der Waals surface area contributed by atoms with Gasteiger partial charge in [0.15, 0.2) is 0 Å². The summed E-state index contributed by atoms with van der Waals surface area (Å²) in [5.41, 5.74) is 0. The van der Waals surface area contributed by atoms with E-state index in [2.05, 4.69) is 26.6 Å². The van der Waals surface area contributed by atoms with E-state index in [0.29, 0.717) is 18.3 Å². The average Bonchev–Trinajstić information content (AvgIpc) is 2.90. The Bertz CT molecular complexity index is 499. The Kier molecular flexibility index (Phi) is 3.74. The minimum Gasteiger partial charge on any atom is -0.481 e. The third-order valence-corrected chi connectivity index (χ3v) is 4.61. The van der Waals surface area contributed by atoms with E-state index in [1.54, 1.807) is 0 Å². The van der Waals surface area contributed by atoms with Gasteiger partial charge in [0.25, 0.3) is 0 Å². The van der Waals surface area contributed by atoms with E-state index >= 15 is 0 Å². The predicted octanol–water partition coefficient (Wildman–Crippen LogP) is 1.79. The zero-order valence-electron chi connectivity index (χ0n) is 12.0. The molecule has 0 aromatic carbocycles. The highest BCUT2D eigenvalue weighted by molar-refractivity contribution is 5.75. The topological polar surface area (TPSA) is 71.2 Å². The number of carboxylic acids is 1. The summed E-state index contributed by atoms with van der Waals surface area (Å²) in [6.07, 6.45) is 5.13. The minimum atomic E-state index is -0.777. The van der Waals surface area contributed by atoms with Crippen molar-refractivity contribution in [1.29, 1.82) is 0 Å². The van der Waals surface area contributed by atoms with Gasteiger partial charge in [0, 0.05) is 6.54 Å². The molecule has 3 heterocycles. The van der Waals surface area contributed by atoms with E-state index in [1.165, 1.54) is 12.8 Å². The van der Waals surface area contributed by atoms with E-state index in [4.69, 9.17) is 0 Å². The van der Waals surface area contributed by atoms with E-state index in [1.807, 2.05) is 0 Å². The number of piperidine rings is 1. The number of nitrogens with zero attached hydrogens (tertiary/aromatic N) is 4. The highest BCUT2D eigenvalue weighted by Crippen LogP contribution is 2.34. The van der Waals surface area contributed by atoms with Gasteiger partial charge in [-0.1, -0.05) is 13.3 Å². The van der Waals surface area contributed by atoms with Crippen molar-refractivity contribution in [2.24, 2.45) is 0 Å². The van der Waals surface area contributed by atoms with Crippen LogP contribution in [0.25, 0.3) is 0 Å². The first kappa shape index (κ1) is 13.5. The highest BCUT2D eigenvalue weighted by Gasteiger charge is 2.34. The normalized spacial score (nSPS) is 27.2. The van der Waals surface area contributed by atoms with Crippen LogP contribution < -0.4 is 0 Å². The van der Waals surface area contributed by atoms with Crippen LogP contribution in [0.2, 0.25) is 0 Å². The van der Waals surface area contributed by atoms with Crippen LogP contribution in [0.5, 0.6) is 0 Å². The van der Waals surface area contributed by atoms with Crippen molar-refractivity contribution in [1.82, 2.24) is 19.7 Å². The van der Waals surface area contributed by atoms with Gasteiger partial charge in [0.2, 0.25) is 0 Å². The van der Waals surface area contributed by atoms with Crippen LogP contribution in [0.1, 0.15) is 62.6 Å². The van der Waals surface area contributed by atoms with Crippen molar-refractivity contribution < 1.29 is 9.90 Å². The lowest BCUT2D eigenvalue weighted by molar-refractivity contribution is -0.139. The Balaban J connectivity index is 1.93. The number of rotatable bonds is 3. The van der Waals surface area contributed by atoms with Crippen molar-refractivity contribution in [3.05, 3.63) is 11.6 Å². The van der Waals surface area contributed by atoms with Gasteiger partial charge in [-0.3, -0.25) is 9.69 Å². The number of hydrogen-bond acceptors (Lipinski definition) is 4. The van der Waals surface area contributed by atoms with Gasteiger partial charge in [-0.25, -0.2) is 0 Å². The maximum Gasteiger partial charge on any atom is 0.314 e. The molecule has 110 valence electrons. The van der Waals surface area contributed by atoms with E-state index in [9.17, 15) is 9.90 Å². The zero-order chi connectivity index (χ0) is 14.1. The number of likely N-dealkylation sites (tertiary alicyclic amines) is 1. The van der Waals surface area contributed by atoms with Gasteiger partial charge in [-0.2, -0.15) is 0 Å². The Morgan fingerprint density at radius 1 is 1.20 bits per heavy atom. The molecular weight excluding hydrogens is 256 g/mol. The number of aliphatic carboxylic acids is 1.